The summed E-state index contributed by atoms with van der Waals surface area (Å²) < 4.78 is 18.4. The molecule has 0 aromatic heterocycles. The summed E-state index contributed by atoms with van der Waals surface area (Å²) in [5.41, 5.74) is 0.318. The first-order valence-corrected chi connectivity index (χ1v) is 6.46. The van der Waals surface area contributed by atoms with Crippen molar-refractivity contribution in [2.45, 2.75) is 31.9 Å². The molecule has 0 bridgehead atoms. The van der Waals surface area contributed by atoms with Gasteiger partial charge in [0, 0.05) is 6.04 Å². The Morgan fingerprint density at radius 3 is 2.70 bits per heavy atom. The van der Waals surface area contributed by atoms with E-state index in [9.17, 15) is 14.3 Å². The van der Waals surface area contributed by atoms with Crippen molar-refractivity contribution in [1.82, 2.24) is 5.32 Å². The molecule has 0 saturated carbocycles. The van der Waals surface area contributed by atoms with Gasteiger partial charge in [0.15, 0.2) is 11.6 Å². The average molecular weight is 285 g/mol. The molecule has 6 heteroatoms. The molecule has 1 aromatic carbocycles. The van der Waals surface area contributed by atoms with Crippen molar-refractivity contribution < 1.29 is 24.1 Å². The van der Waals surface area contributed by atoms with Crippen molar-refractivity contribution in [2.75, 3.05) is 13.7 Å². The lowest BCUT2D eigenvalue weighted by atomic mass is 9.99. The molecule has 20 heavy (non-hydrogen) atoms. The third kappa shape index (κ3) is 4.47. The van der Waals surface area contributed by atoms with Crippen molar-refractivity contribution in [1.29, 1.82) is 0 Å². The number of carboxylic acid groups (broad SMARTS) is 1. The Labute approximate surface area is 117 Å². The fourth-order valence-electron chi connectivity index (χ4n) is 1.91. The number of methoxy groups -OCH3 is 1. The van der Waals surface area contributed by atoms with Crippen molar-refractivity contribution in [2.24, 2.45) is 0 Å². The van der Waals surface area contributed by atoms with E-state index < -0.39 is 23.9 Å². The van der Waals surface area contributed by atoms with E-state index in [0.717, 1.165) is 12.5 Å². The van der Waals surface area contributed by atoms with Crippen LogP contribution in [0.3, 0.4) is 0 Å². The van der Waals surface area contributed by atoms with E-state index in [1.165, 1.54) is 19.2 Å². The number of hydrogen-bond acceptors (Lipinski definition) is 4. The Bertz CT molecular complexity index is 453. The molecule has 0 heterocycles. The average Bonchev–Trinajstić information content (AvgIpc) is 2.42. The first kappa shape index (κ1) is 16.4. The first-order chi connectivity index (χ1) is 9.49. The largest absolute Gasteiger partial charge is 0.494 e. The van der Waals surface area contributed by atoms with Crippen LogP contribution in [0.15, 0.2) is 18.2 Å². The molecule has 0 radical (unpaired) electrons. The van der Waals surface area contributed by atoms with E-state index in [1.807, 2.05) is 6.92 Å². The quantitative estimate of drug-likeness (QED) is 0.677. The van der Waals surface area contributed by atoms with Gasteiger partial charge in [-0.25, -0.2) is 4.39 Å². The van der Waals surface area contributed by atoms with Crippen LogP contribution in [-0.4, -0.2) is 35.9 Å². The Morgan fingerprint density at radius 2 is 2.20 bits per heavy atom. The summed E-state index contributed by atoms with van der Waals surface area (Å²) in [6, 6.07) is 3.42. The van der Waals surface area contributed by atoms with Gasteiger partial charge in [0.05, 0.1) is 19.6 Å². The summed E-state index contributed by atoms with van der Waals surface area (Å²) in [6.45, 7) is 2.51. The summed E-state index contributed by atoms with van der Waals surface area (Å²) in [5, 5.41) is 22.0. The molecule has 1 rings (SSSR count). The highest BCUT2D eigenvalue weighted by Gasteiger charge is 2.23. The first-order valence-electron chi connectivity index (χ1n) is 6.46. The summed E-state index contributed by atoms with van der Waals surface area (Å²) in [7, 11) is 1.35. The standard InChI is InChI=1S/C14H20FNO4/c1-3-6-16-11(8-13(17)18)14(19)9-4-5-12(20-2)10(15)7-9/h4-5,7,11,14,16,19H,3,6,8H2,1-2H3,(H,17,18). The number of benzene rings is 1. The monoisotopic (exact) mass is 285 g/mol. The molecular formula is C14H20FNO4. The predicted octanol–water partition coefficient (Wildman–Crippen LogP) is 1.71. The minimum Gasteiger partial charge on any atom is -0.494 e. The highest BCUT2D eigenvalue weighted by atomic mass is 19.1. The van der Waals surface area contributed by atoms with Gasteiger partial charge >= 0.3 is 5.97 Å². The second-order valence-electron chi connectivity index (χ2n) is 4.50. The van der Waals surface area contributed by atoms with E-state index in [1.54, 1.807) is 0 Å². The summed E-state index contributed by atoms with van der Waals surface area (Å²) in [6.07, 6.45) is -0.535. The van der Waals surface area contributed by atoms with Crippen molar-refractivity contribution in [3.05, 3.63) is 29.6 Å². The third-order valence-electron chi connectivity index (χ3n) is 2.95. The lowest BCUT2D eigenvalue weighted by molar-refractivity contribution is -0.138. The zero-order valence-corrected chi connectivity index (χ0v) is 11.6. The van der Waals surface area contributed by atoms with E-state index in [4.69, 9.17) is 9.84 Å². The third-order valence-corrected chi connectivity index (χ3v) is 2.95. The number of aliphatic hydroxyl groups is 1. The van der Waals surface area contributed by atoms with Crippen LogP contribution in [0, 0.1) is 5.82 Å². The molecule has 0 fully saturated rings. The molecule has 5 nitrogen and oxygen atoms in total. The molecule has 0 amide bonds. The van der Waals surface area contributed by atoms with Crippen LogP contribution in [0.1, 0.15) is 31.4 Å². The molecule has 1 aromatic rings. The predicted molar refractivity (Wildman–Crippen MR) is 72.2 cm³/mol. The molecule has 112 valence electrons. The van der Waals surface area contributed by atoms with Crippen molar-refractivity contribution in [3.8, 4) is 5.75 Å². The van der Waals surface area contributed by atoms with Crippen LogP contribution >= 0.6 is 0 Å². The summed E-state index contributed by atoms with van der Waals surface area (Å²) in [5.74, 6) is -1.53. The van der Waals surface area contributed by atoms with E-state index >= 15 is 0 Å². The molecule has 0 aliphatic rings. The summed E-state index contributed by atoms with van der Waals surface area (Å²) >= 11 is 0. The highest BCUT2D eigenvalue weighted by Crippen LogP contribution is 2.24. The maximum atomic E-state index is 13.6. The van der Waals surface area contributed by atoms with Crippen molar-refractivity contribution in [3.63, 3.8) is 0 Å². The van der Waals surface area contributed by atoms with Gasteiger partial charge in [0.25, 0.3) is 0 Å². The Balaban J connectivity index is 2.89. The minimum absolute atomic E-state index is 0.0808. The summed E-state index contributed by atoms with van der Waals surface area (Å²) in [4.78, 5) is 10.8. The SMILES string of the molecule is CCCNC(CC(=O)O)C(O)c1ccc(OC)c(F)c1. The van der Waals surface area contributed by atoms with Crippen molar-refractivity contribution >= 4 is 5.97 Å². The zero-order chi connectivity index (χ0) is 15.1. The van der Waals surface area contributed by atoms with Gasteiger partial charge in [-0.2, -0.15) is 0 Å². The molecule has 0 aliphatic heterocycles. The fraction of sp³-hybridized carbons (Fsp3) is 0.500. The Morgan fingerprint density at radius 1 is 1.50 bits per heavy atom. The maximum Gasteiger partial charge on any atom is 0.305 e. The molecule has 0 spiro atoms. The van der Waals surface area contributed by atoms with Crippen LogP contribution in [-0.2, 0) is 4.79 Å². The van der Waals surface area contributed by atoms with Crippen LogP contribution in [0.25, 0.3) is 0 Å². The zero-order valence-electron chi connectivity index (χ0n) is 11.6. The maximum absolute atomic E-state index is 13.6. The number of rotatable bonds is 8. The number of carboxylic acids is 1. The molecular weight excluding hydrogens is 265 g/mol. The Hall–Kier alpha value is -1.66. The van der Waals surface area contributed by atoms with Gasteiger partial charge < -0.3 is 20.3 Å². The van der Waals surface area contributed by atoms with Crippen LogP contribution in [0.2, 0.25) is 0 Å². The van der Waals surface area contributed by atoms with Crippen LogP contribution in [0.5, 0.6) is 5.75 Å². The number of hydrogen-bond donors (Lipinski definition) is 3. The number of nitrogens with one attached hydrogen (secondary N) is 1. The number of aliphatic carboxylic acids is 1. The van der Waals surface area contributed by atoms with E-state index in [-0.39, 0.29) is 12.2 Å². The minimum atomic E-state index is -1.10. The molecule has 2 unspecified atom stereocenters. The van der Waals surface area contributed by atoms with Gasteiger partial charge in [0.2, 0.25) is 0 Å². The van der Waals surface area contributed by atoms with E-state index in [0.29, 0.717) is 12.1 Å². The molecule has 0 saturated heterocycles. The second kappa shape index (κ2) is 7.81. The number of ether oxygens (including phenoxy) is 1. The van der Waals surface area contributed by atoms with Gasteiger partial charge in [-0.3, -0.25) is 4.79 Å². The molecule has 3 N–H and O–H groups in total. The van der Waals surface area contributed by atoms with Gasteiger partial charge in [-0.05, 0) is 30.7 Å². The number of aliphatic hydroxyl groups excluding tert-OH is 1. The number of halogens is 1. The topological polar surface area (TPSA) is 78.8 Å². The van der Waals surface area contributed by atoms with Crippen LogP contribution < -0.4 is 10.1 Å². The van der Waals surface area contributed by atoms with Gasteiger partial charge in [0.1, 0.15) is 0 Å². The number of carbonyl (C=O) groups is 1. The molecule has 2 atom stereocenters. The highest BCUT2D eigenvalue weighted by molar-refractivity contribution is 5.67. The van der Waals surface area contributed by atoms with E-state index in [2.05, 4.69) is 5.32 Å². The Kier molecular flexibility index (Phi) is 6.41. The lowest BCUT2D eigenvalue weighted by Gasteiger charge is -2.23. The normalized spacial score (nSPS) is 13.8. The van der Waals surface area contributed by atoms with Gasteiger partial charge in [-0.15, -0.1) is 0 Å². The second-order valence-corrected chi connectivity index (χ2v) is 4.50. The molecule has 0 aliphatic carbocycles. The van der Waals surface area contributed by atoms with Crippen LogP contribution in [0.4, 0.5) is 4.39 Å². The fourth-order valence-corrected chi connectivity index (χ4v) is 1.91. The lowest BCUT2D eigenvalue weighted by Crippen LogP contribution is -2.37. The van der Waals surface area contributed by atoms with Gasteiger partial charge in [-0.1, -0.05) is 13.0 Å². The smallest absolute Gasteiger partial charge is 0.305 e.